The highest BCUT2D eigenvalue weighted by molar-refractivity contribution is 5.87. The van der Waals surface area contributed by atoms with Gasteiger partial charge in [-0.2, -0.15) is 0 Å². The Morgan fingerprint density at radius 1 is 1.36 bits per heavy atom. The standard InChI is InChI=1S/C9H15NO4/c1-4-7(6(3)8(11)12)10-9(13)14-5-2/h4-5H2,1-3H3,(H,10,13)(H,11,12). The summed E-state index contributed by atoms with van der Waals surface area (Å²) >= 11 is 0. The Morgan fingerprint density at radius 3 is 2.29 bits per heavy atom. The molecule has 2 N–H and O–H groups in total. The molecule has 0 heterocycles. The van der Waals surface area contributed by atoms with E-state index in [1.165, 1.54) is 6.92 Å². The van der Waals surface area contributed by atoms with Gasteiger partial charge in [0.2, 0.25) is 0 Å². The molecule has 0 atom stereocenters. The molecule has 0 saturated heterocycles. The predicted molar refractivity (Wildman–Crippen MR) is 50.8 cm³/mol. The summed E-state index contributed by atoms with van der Waals surface area (Å²) in [6.45, 7) is 5.13. The molecular weight excluding hydrogens is 186 g/mol. The van der Waals surface area contributed by atoms with Crippen molar-refractivity contribution in [2.75, 3.05) is 6.61 Å². The first kappa shape index (κ1) is 12.5. The third-order valence-corrected chi connectivity index (χ3v) is 1.66. The van der Waals surface area contributed by atoms with Crippen molar-refractivity contribution < 1.29 is 19.4 Å². The van der Waals surface area contributed by atoms with Crippen LogP contribution in [-0.2, 0) is 9.53 Å². The number of allylic oxidation sites excluding steroid dienone is 1. The number of ether oxygens (including phenoxy) is 1. The van der Waals surface area contributed by atoms with Crippen LogP contribution in [0, 0.1) is 0 Å². The fraction of sp³-hybridized carbons (Fsp3) is 0.556. The van der Waals surface area contributed by atoms with E-state index < -0.39 is 12.1 Å². The Balaban J connectivity index is 4.51. The number of rotatable bonds is 4. The van der Waals surface area contributed by atoms with E-state index >= 15 is 0 Å². The number of aliphatic carboxylic acids is 1. The number of nitrogens with one attached hydrogen (secondary N) is 1. The highest BCUT2D eigenvalue weighted by Gasteiger charge is 2.10. The molecule has 5 nitrogen and oxygen atoms in total. The minimum absolute atomic E-state index is 0.126. The number of carbonyl (C=O) groups is 2. The molecule has 0 aromatic rings. The van der Waals surface area contributed by atoms with Crippen molar-refractivity contribution in [2.45, 2.75) is 27.2 Å². The third-order valence-electron chi connectivity index (χ3n) is 1.66. The number of carboxylic acid groups (broad SMARTS) is 1. The Kier molecular flexibility index (Phi) is 5.36. The average molecular weight is 201 g/mol. The molecule has 0 fully saturated rings. The zero-order chi connectivity index (χ0) is 11.1. The summed E-state index contributed by atoms with van der Waals surface area (Å²) < 4.78 is 4.63. The van der Waals surface area contributed by atoms with Crippen LogP contribution < -0.4 is 5.32 Å². The van der Waals surface area contributed by atoms with Gasteiger partial charge in [-0.05, 0) is 20.3 Å². The lowest BCUT2D eigenvalue weighted by atomic mass is 10.2. The molecule has 14 heavy (non-hydrogen) atoms. The molecule has 80 valence electrons. The van der Waals surface area contributed by atoms with Crippen LogP contribution in [0.25, 0.3) is 0 Å². The molecule has 0 aliphatic rings. The highest BCUT2D eigenvalue weighted by atomic mass is 16.5. The lowest BCUT2D eigenvalue weighted by Gasteiger charge is -2.09. The molecule has 1 amide bonds. The minimum atomic E-state index is -1.04. The van der Waals surface area contributed by atoms with Crippen LogP contribution in [0.2, 0.25) is 0 Å². The molecule has 0 radical (unpaired) electrons. The number of carboxylic acids is 1. The third kappa shape index (κ3) is 3.93. The van der Waals surface area contributed by atoms with Crippen LogP contribution in [0.4, 0.5) is 4.79 Å². The average Bonchev–Trinajstić information content (AvgIpc) is 2.13. The zero-order valence-electron chi connectivity index (χ0n) is 8.59. The van der Waals surface area contributed by atoms with Crippen molar-refractivity contribution in [1.82, 2.24) is 5.32 Å². The molecule has 0 aromatic carbocycles. The van der Waals surface area contributed by atoms with Gasteiger partial charge in [0, 0.05) is 5.70 Å². The van der Waals surface area contributed by atoms with Gasteiger partial charge in [0.1, 0.15) is 0 Å². The van der Waals surface area contributed by atoms with E-state index in [1.807, 2.05) is 0 Å². The zero-order valence-corrected chi connectivity index (χ0v) is 8.59. The first-order valence-electron chi connectivity index (χ1n) is 4.39. The maximum Gasteiger partial charge on any atom is 0.411 e. The second-order valence-corrected chi connectivity index (χ2v) is 2.61. The first-order valence-corrected chi connectivity index (χ1v) is 4.39. The van der Waals surface area contributed by atoms with Crippen molar-refractivity contribution >= 4 is 12.1 Å². The van der Waals surface area contributed by atoms with Crippen molar-refractivity contribution in [2.24, 2.45) is 0 Å². The van der Waals surface area contributed by atoms with Crippen molar-refractivity contribution in [3.8, 4) is 0 Å². The van der Waals surface area contributed by atoms with Crippen LogP contribution in [0.1, 0.15) is 27.2 Å². The summed E-state index contributed by atoms with van der Waals surface area (Å²) in [4.78, 5) is 21.6. The van der Waals surface area contributed by atoms with Crippen molar-refractivity contribution in [1.29, 1.82) is 0 Å². The molecule has 0 saturated carbocycles. The van der Waals surface area contributed by atoms with Gasteiger partial charge >= 0.3 is 12.1 Å². The summed E-state index contributed by atoms with van der Waals surface area (Å²) in [6, 6.07) is 0. The van der Waals surface area contributed by atoms with E-state index in [9.17, 15) is 9.59 Å². The topological polar surface area (TPSA) is 75.6 Å². The van der Waals surface area contributed by atoms with E-state index in [-0.39, 0.29) is 12.2 Å². The quantitative estimate of drug-likeness (QED) is 0.676. The van der Waals surface area contributed by atoms with Gasteiger partial charge in [-0.15, -0.1) is 0 Å². The van der Waals surface area contributed by atoms with Gasteiger partial charge in [-0.25, -0.2) is 9.59 Å². The summed E-state index contributed by atoms with van der Waals surface area (Å²) in [5.74, 6) is -1.04. The first-order chi connectivity index (χ1) is 6.52. The number of hydrogen-bond acceptors (Lipinski definition) is 3. The lowest BCUT2D eigenvalue weighted by Crippen LogP contribution is -2.25. The number of alkyl carbamates (subject to hydrolysis) is 1. The van der Waals surface area contributed by atoms with Crippen LogP contribution >= 0.6 is 0 Å². The molecule has 0 spiro atoms. The van der Waals surface area contributed by atoms with Crippen molar-refractivity contribution in [3.05, 3.63) is 11.3 Å². The molecule has 5 heteroatoms. The van der Waals surface area contributed by atoms with Crippen LogP contribution in [0.5, 0.6) is 0 Å². The predicted octanol–water partition coefficient (Wildman–Crippen LogP) is 1.50. The highest BCUT2D eigenvalue weighted by Crippen LogP contribution is 2.05. The fourth-order valence-electron chi connectivity index (χ4n) is 0.867. The Hall–Kier alpha value is -1.52. The molecule has 0 bridgehead atoms. The molecule has 0 rings (SSSR count). The number of hydrogen-bond donors (Lipinski definition) is 2. The van der Waals surface area contributed by atoms with Crippen LogP contribution in [0.15, 0.2) is 11.3 Å². The Bertz CT molecular complexity index is 258. The Morgan fingerprint density at radius 2 is 1.93 bits per heavy atom. The van der Waals surface area contributed by atoms with Gasteiger partial charge in [-0.3, -0.25) is 5.32 Å². The van der Waals surface area contributed by atoms with E-state index in [2.05, 4.69) is 10.1 Å². The van der Waals surface area contributed by atoms with E-state index in [0.29, 0.717) is 12.1 Å². The number of carbonyl (C=O) groups excluding carboxylic acids is 1. The molecule has 0 aromatic heterocycles. The van der Waals surface area contributed by atoms with Gasteiger partial charge in [0.15, 0.2) is 0 Å². The summed E-state index contributed by atoms with van der Waals surface area (Å²) in [6.07, 6.45) is -0.179. The summed E-state index contributed by atoms with van der Waals surface area (Å²) in [5, 5.41) is 11.1. The maximum atomic E-state index is 11.0. The minimum Gasteiger partial charge on any atom is -0.478 e. The van der Waals surface area contributed by atoms with Crippen molar-refractivity contribution in [3.63, 3.8) is 0 Å². The SMILES string of the molecule is CCOC(=O)NC(CC)=C(C)C(=O)O. The number of amides is 1. The second kappa shape index (κ2) is 6.01. The Labute approximate surface area is 82.7 Å². The summed E-state index contributed by atoms with van der Waals surface area (Å²) in [5.41, 5.74) is 0.497. The van der Waals surface area contributed by atoms with Gasteiger partial charge < -0.3 is 9.84 Å². The van der Waals surface area contributed by atoms with E-state index in [1.54, 1.807) is 13.8 Å². The molecule has 0 aliphatic heterocycles. The maximum absolute atomic E-state index is 11.0. The monoisotopic (exact) mass is 201 g/mol. The van der Waals surface area contributed by atoms with Crippen LogP contribution in [-0.4, -0.2) is 23.8 Å². The molecular formula is C9H15NO4. The largest absolute Gasteiger partial charge is 0.478 e. The molecule has 0 aliphatic carbocycles. The fourth-order valence-corrected chi connectivity index (χ4v) is 0.867. The van der Waals surface area contributed by atoms with Gasteiger partial charge in [-0.1, -0.05) is 6.92 Å². The lowest BCUT2D eigenvalue weighted by molar-refractivity contribution is -0.132. The van der Waals surface area contributed by atoms with Gasteiger partial charge in [0.05, 0.1) is 12.2 Å². The normalized spacial score (nSPS) is 11.6. The smallest absolute Gasteiger partial charge is 0.411 e. The molecule has 0 unspecified atom stereocenters. The second-order valence-electron chi connectivity index (χ2n) is 2.61. The van der Waals surface area contributed by atoms with Gasteiger partial charge in [0.25, 0.3) is 0 Å². The van der Waals surface area contributed by atoms with E-state index in [0.717, 1.165) is 0 Å². The van der Waals surface area contributed by atoms with Crippen LogP contribution in [0.3, 0.4) is 0 Å². The van der Waals surface area contributed by atoms with E-state index in [4.69, 9.17) is 5.11 Å². The summed E-state index contributed by atoms with van der Waals surface area (Å²) in [7, 11) is 0.